The van der Waals surface area contributed by atoms with Gasteiger partial charge in [0.2, 0.25) is 11.8 Å². The average molecular weight is 210 g/mol. The zero-order valence-corrected chi connectivity index (χ0v) is 9.49. The molecule has 0 aromatic heterocycles. The topological polar surface area (TPSA) is 49.4 Å². The normalized spacial score (nSPS) is 32.1. The number of hydrogen-bond donors (Lipinski definition) is 1. The van der Waals surface area contributed by atoms with E-state index in [1.54, 1.807) is 6.92 Å². The minimum atomic E-state index is -0.354. The second kappa shape index (κ2) is 3.51. The first-order chi connectivity index (χ1) is 7.02. The van der Waals surface area contributed by atoms with Crippen LogP contribution in [-0.2, 0) is 9.59 Å². The standard InChI is InChI=1S/C11H18N2O2/c1-6(2)9-10(14)12-7(3)11(15)13(9)8-4-5-8/h6-9H,4-5H2,1-3H3,(H,12,14). The van der Waals surface area contributed by atoms with Crippen LogP contribution in [0, 0.1) is 5.92 Å². The van der Waals surface area contributed by atoms with Gasteiger partial charge in [-0.05, 0) is 25.7 Å². The highest BCUT2D eigenvalue weighted by Crippen LogP contribution is 2.32. The molecule has 2 amide bonds. The molecule has 2 atom stereocenters. The lowest BCUT2D eigenvalue weighted by Crippen LogP contribution is -2.64. The molecule has 0 bridgehead atoms. The smallest absolute Gasteiger partial charge is 0.245 e. The van der Waals surface area contributed by atoms with Crippen molar-refractivity contribution in [3.05, 3.63) is 0 Å². The molecule has 1 aliphatic heterocycles. The van der Waals surface area contributed by atoms with Crippen molar-refractivity contribution in [2.45, 2.75) is 51.7 Å². The van der Waals surface area contributed by atoms with Gasteiger partial charge in [0.1, 0.15) is 12.1 Å². The van der Waals surface area contributed by atoms with Gasteiger partial charge in [0.15, 0.2) is 0 Å². The number of carbonyl (C=O) groups is 2. The van der Waals surface area contributed by atoms with Crippen LogP contribution in [-0.4, -0.2) is 34.8 Å². The summed E-state index contributed by atoms with van der Waals surface area (Å²) < 4.78 is 0. The Bertz CT molecular complexity index is 297. The van der Waals surface area contributed by atoms with E-state index in [-0.39, 0.29) is 29.8 Å². The summed E-state index contributed by atoms with van der Waals surface area (Å²) in [6, 6.07) is -0.298. The Labute approximate surface area is 90.0 Å². The summed E-state index contributed by atoms with van der Waals surface area (Å²) in [7, 11) is 0. The predicted molar refractivity (Wildman–Crippen MR) is 56.1 cm³/mol. The van der Waals surface area contributed by atoms with Gasteiger partial charge >= 0.3 is 0 Å². The predicted octanol–water partition coefficient (Wildman–Crippen LogP) is 0.520. The van der Waals surface area contributed by atoms with Crippen molar-refractivity contribution in [3.8, 4) is 0 Å². The highest BCUT2D eigenvalue weighted by Gasteiger charge is 2.46. The number of rotatable bonds is 2. The van der Waals surface area contributed by atoms with Gasteiger partial charge in [-0.15, -0.1) is 0 Å². The number of nitrogens with zero attached hydrogens (tertiary/aromatic N) is 1. The Morgan fingerprint density at radius 1 is 1.33 bits per heavy atom. The maximum absolute atomic E-state index is 12.0. The molecule has 84 valence electrons. The van der Waals surface area contributed by atoms with Crippen molar-refractivity contribution in [2.24, 2.45) is 5.92 Å². The van der Waals surface area contributed by atoms with Crippen LogP contribution in [0.25, 0.3) is 0 Å². The first-order valence-corrected chi connectivity index (χ1v) is 5.65. The van der Waals surface area contributed by atoms with Crippen molar-refractivity contribution < 1.29 is 9.59 Å². The molecule has 1 N–H and O–H groups in total. The molecule has 0 aromatic rings. The summed E-state index contributed by atoms with van der Waals surface area (Å²) >= 11 is 0. The summed E-state index contributed by atoms with van der Waals surface area (Å²) in [6.45, 7) is 5.73. The Morgan fingerprint density at radius 3 is 2.40 bits per heavy atom. The van der Waals surface area contributed by atoms with E-state index in [2.05, 4.69) is 5.32 Å². The van der Waals surface area contributed by atoms with Crippen LogP contribution in [0.3, 0.4) is 0 Å². The van der Waals surface area contributed by atoms with Gasteiger partial charge in [-0.3, -0.25) is 9.59 Å². The second-order valence-corrected chi connectivity index (χ2v) is 4.90. The van der Waals surface area contributed by atoms with Gasteiger partial charge in [0, 0.05) is 6.04 Å². The molecular formula is C11H18N2O2. The maximum atomic E-state index is 12.0. The van der Waals surface area contributed by atoms with E-state index >= 15 is 0 Å². The number of hydrogen-bond acceptors (Lipinski definition) is 2. The number of nitrogens with one attached hydrogen (secondary N) is 1. The van der Waals surface area contributed by atoms with Crippen molar-refractivity contribution >= 4 is 11.8 Å². The molecule has 0 spiro atoms. The van der Waals surface area contributed by atoms with E-state index in [4.69, 9.17) is 0 Å². The fourth-order valence-corrected chi connectivity index (χ4v) is 2.23. The van der Waals surface area contributed by atoms with Crippen molar-refractivity contribution in [3.63, 3.8) is 0 Å². The molecule has 2 rings (SSSR count). The average Bonchev–Trinajstić information content (AvgIpc) is 2.93. The summed E-state index contributed by atoms with van der Waals surface area (Å²) in [4.78, 5) is 25.6. The monoisotopic (exact) mass is 210 g/mol. The summed E-state index contributed by atoms with van der Waals surface area (Å²) in [5, 5.41) is 2.74. The molecule has 15 heavy (non-hydrogen) atoms. The van der Waals surface area contributed by atoms with E-state index in [0.717, 1.165) is 12.8 Å². The van der Waals surface area contributed by atoms with Crippen LogP contribution in [0.2, 0.25) is 0 Å². The van der Waals surface area contributed by atoms with Gasteiger partial charge in [0.25, 0.3) is 0 Å². The summed E-state index contributed by atoms with van der Waals surface area (Å²) in [5.74, 6) is 0.266. The zero-order valence-electron chi connectivity index (χ0n) is 9.49. The third kappa shape index (κ3) is 1.73. The SMILES string of the molecule is CC1NC(=O)C(C(C)C)N(C2CC2)C1=O. The van der Waals surface area contributed by atoms with Gasteiger partial charge < -0.3 is 10.2 Å². The van der Waals surface area contributed by atoms with Gasteiger partial charge in [0.05, 0.1) is 0 Å². The van der Waals surface area contributed by atoms with E-state index in [0.29, 0.717) is 6.04 Å². The Hall–Kier alpha value is -1.06. The second-order valence-electron chi connectivity index (χ2n) is 4.90. The molecule has 4 nitrogen and oxygen atoms in total. The molecule has 2 unspecified atom stereocenters. The molecule has 2 aliphatic rings. The number of piperazine rings is 1. The van der Waals surface area contributed by atoms with Gasteiger partial charge in [-0.2, -0.15) is 0 Å². The molecule has 1 saturated heterocycles. The van der Waals surface area contributed by atoms with Crippen LogP contribution < -0.4 is 5.32 Å². The summed E-state index contributed by atoms with van der Waals surface area (Å²) in [6.07, 6.45) is 2.10. The zero-order chi connectivity index (χ0) is 11.2. The molecule has 2 fully saturated rings. The number of carbonyl (C=O) groups excluding carboxylic acids is 2. The maximum Gasteiger partial charge on any atom is 0.245 e. The fourth-order valence-electron chi connectivity index (χ4n) is 2.23. The molecule has 0 radical (unpaired) electrons. The molecular weight excluding hydrogens is 192 g/mol. The van der Waals surface area contributed by atoms with Crippen LogP contribution in [0.1, 0.15) is 33.6 Å². The minimum absolute atomic E-state index is 0.00370. The molecule has 1 saturated carbocycles. The highest BCUT2D eigenvalue weighted by atomic mass is 16.2. The molecule has 1 aliphatic carbocycles. The largest absolute Gasteiger partial charge is 0.343 e. The van der Waals surface area contributed by atoms with Gasteiger partial charge in [-0.25, -0.2) is 0 Å². The summed E-state index contributed by atoms with van der Waals surface area (Å²) in [5.41, 5.74) is 0. The van der Waals surface area contributed by atoms with Crippen LogP contribution in [0.4, 0.5) is 0 Å². The number of amides is 2. The minimum Gasteiger partial charge on any atom is -0.343 e. The van der Waals surface area contributed by atoms with Crippen molar-refractivity contribution in [1.82, 2.24) is 10.2 Å². The molecule has 1 heterocycles. The highest BCUT2D eigenvalue weighted by molar-refractivity contribution is 5.97. The van der Waals surface area contributed by atoms with Crippen LogP contribution in [0.15, 0.2) is 0 Å². The first kappa shape index (κ1) is 10.5. The fraction of sp³-hybridized carbons (Fsp3) is 0.818. The van der Waals surface area contributed by atoms with E-state index in [9.17, 15) is 9.59 Å². The molecule has 4 heteroatoms. The third-order valence-electron chi connectivity index (χ3n) is 3.12. The van der Waals surface area contributed by atoms with Gasteiger partial charge in [-0.1, -0.05) is 13.8 Å². The van der Waals surface area contributed by atoms with Crippen molar-refractivity contribution in [2.75, 3.05) is 0 Å². The van der Waals surface area contributed by atoms with E-state index in [1.807, 2.05) is 18.7 Å². The lowest BCUT2D eigenvalue weighted by Gasteiger charge is -2.40. The van der Waals surface area contributed by atoms with E-state index < -0.39 is 0 Å². The Morgan fingerprint density at radius 2 is 1.93 bits per heavy atom. The Balaban J connectivity index is 2.25. The van der Waals surface area contributed by atoms with Crippen LogP contribution >= 0.6 is 0 Å². The lowest BCUT2D eigenvalue weighted by molar-refractivity contribution is -0.151. The van der Waals surface area contributed by atoms with Crippen LogP contribution in [0.5, 0.6) is 0 Å². The quantitative estimate of drug-likeness (QED) is 0.722. The third-order valence-corrected chi connectivity index (χ3v) is 3.12. The van der Waals surface area contributed by atoms with E-state index in [1.165, 1.54) is 0 Å². The Kier molecular flexibility index (Phi) is 2.44. The van der Waals surface area contributed by atoms with Crippen molar-refractivity contribution in [1.29, 1.82) is 0 Å². The molecule has 0 aromatic carbocycles. The lowest BCUT2D eigenvalue weighted by atomic mass is 9.97. The first-order valence-electron chi connectivity index (χ1n) is 5.65.